The Morgan fingerprint density at radius 2 is 1.83 bits per heavy atom. The summed E-state index contributed by atoms with van der Waals surface area (Å²) in [7, 11) is 0. The summed E-state index contributed by atoms with van der Waals surface area (Å²) in [5.74, 6) is 0.141. The number of nitrogens with two attached hydrogens (primary N) is 1. The second-order valence-electron chi connectivity index (χ2n) is 14.8. The van der Waals surface area contributed by atoms with Crippen LogP contribution in [0.4, 0.5) is 4.79 Å². The van der Waals surface area contributed by atoms with Crippen molar-refractivity contribution in [2.24, 2.45) is 17.1 Å². The molecule has 1 saturated carbocycles. The number of ether oxygens (including phenoxy) is 2. The molecule has 0 atom stereocenters. The summed E-state index contributed by atoms with van der Waals surface area (Å²) in [6, 6.07) is 12.5. The van der Waals surface area contributed by atoms with Crippen molar-refractivity contribution in [1.82, 2.24) is 20.1 Å². The first-order chi connectivity index (χ1) is 22.9. The maximum Gasteiger partial charge on any atom is 0.407 e. The van der Waals surface area contributed by atoms with Crippen LogP contribution in [0.25, 0.3) is 22.0 Å². The van der Waals surface area contributed by atoms with Gasteiger partial charge in [-0.3, -0.25) is 4.79 Å². The summed E-state index contributed by atoms with van der Waals surface area (Å²) in [5.41, 5.74) is 10.6. The number of hydrogen-bond acceptors (Lipinski definition) is 6. The highest BCUT2D eigenvalue weighted by Gasteiger charge is 2.48. The van der Waals surface area contributed by atoms with Crippen LogP contribution >= 0.6 is 23.8 Å². The topological polar surface area (TPSA) is 111 Å². The summed E-state index contributed by atoms with van der Waals surface area (Å²) >= 11 is 12.4. The first-order valence-electron chi connectivity index (χ1n) is 17.2. The highest BCUT2D eigenvalue weighted by Crippen LogP contribution is 2.52. The number of amides is 2. The van der Waals surface area contributed by atoms with Crippen LogP contribution in [0.15, 0.2) is 42.6 Å². The van der Waals surface area contributed by atoms with Crippen LogP contribution in [-0.2, 0) is 20.8 Å². The van der Waals surface area contributed by atoms with Crippen LogP contribution in [0.2, 0.25) is 5.02 Å². The van der Waals surface area contributed by atoms with Crippen LogP contribution in [0.3, 0.4) is 0 Å². The molecular weight excluding hydrogens is 646 g/mol. The number of nitrogens with zero attached hydrogens (tertiary/aromatic N) is 2. The molecule has 0 unspecified atom stereocenters. The maximum absolute atomic E-state index is 13.3. The third-order valence-corrected chi connectivity index (χ3v) is 10.9. The smallest absolute Gasteiger partial charge is 0.407 e. The fraction of sp³-hybridized carbons (Fsp3) is 0.541. The molecule has 3 aliphatic rings. The van der Waals surface area contributed by atoms with Gasteiger partial charge in [-0.05, 0) is 95.0 Å². The number of benzene rings is 2. The first kappa shape index (κ1) is 34.7. The molecule has 3 fully saturated rings. The second-order valence-corrected chi connectivity index (χ2v) is 15.6. The molecule has 1 spiro atoms. The Balaban J connectivity index is 1.07. The quantitative estimate of drug-likeness (QED) is 0.217. The van der Waals surface area contributed by atoms with Crippen LogP contribution in [0, 0.1) is 11.3 Å². The Kier molecular flexibility index (Phi) is 10.4. The molecule has 0 bridgehead atoms. The van der Waals surface area contributed by atoms with Gasteiger partial charge in [0.25, 0.3) is 0 Å². The summed E-state index contributed by atoms with van der Waals surface area (Å²) in [5, 5.41) is 7.80. The number of rotatable bonds is 9. The number of thiocarbonyl (C=S) groups is 1. The molecule has 1 aromatic heterocycles. The molecule has 3 aromatic rings. The first-order valence-corrected chi connectivity index (χ1v) is 18.0. The van der Waals surface area contributed by atoms with Gasteiger partial charge in [0, 0.05) is 67.5 Å². The highest BCUT2D eigenvalue weighted by molar-refractivity contribution is 7.80. The van der Waals surface area contributed by atoms with Gasteiger partial charge >= 0.3 is 6.09 Å². The predicted octanol–water partition coefficient (Wildman–Crippen LogP) is 6.58. The number of alkyl carbamates (subject to hydrolysis) is 1. The zero-order valence-corrected chi connectivity index (χ0v) is 29.9. The Morgan fingerprint density at radius 1 is 1.10 bits per heavy atom. The van der Waals surface area contributed by atoms with Crippen molar-refractivity contribution >= 4 is 51.7 Å². The van der Waals surface area contributed by atoms with Gasteiger partial charge in [-0.15, -0.1) is 0 Å². The summed E-state index contributed by atoms with van der Waals surface area (Å²) < 4.78 is 13.3. The molecule has 2 aromatic carbocycles. The molecule has 9 nitrogen and oxygen atoms in total. The van der Waals surface area contributed by atoms with Crippen molar-refractivity contribution in [2.75, 3.05) is 39.4 Å². The molecule has 11 heteroatoms. The summed E-state index contributed by atoms with van der Waals surface area (Å²) in [6.45, 7) is 10.8. The van der Waals surface area contributed by atoms with Gasteiger partial charge in [0.1, 0.15) is 10.6 Å². The fourth-order valence-electron chi connectivity index (χ4n) is 7.59. The van der Waals surface area contributed by atoms with Crippen molar-refractivity contribution in [3.05, 3.63) is 58.7 Å². The lowest BCUT2D eigenvalue weighted by atomic mass is 9.57. The number of carbonyl (C=O) groups excluding carboxylic acids is 2. The van der Waals surface area contributed by atoms with Crippen LogP contribution in [-0.4, -0.2) is 71.4 Å². The SMILES string of the molecule is CC(C)(C)OC(=O)NCCN1CCC2(CC1)CC(C(=O)NCc1ccc3c(-c4cccc(C(N)=S)c4)cn(C4CCOCC4)c3c1Cl)C2. The third kappa shape index (κ3) is 7.83. The average Bonchev–Trinajstić information content (AvgIpc) is 3.44. The van der Waals surface area contributed by atoms with E-state index < -0.39 is 5.60 Å². The molecule has 48 heavy (non-hydrogen) atoms. The molecular formula is C37H48ClN5O4S. The van der Waals surface area contributed by atoms with Gasteiger partial charge in [0.05, 0.1) is 10.5 Å². The molecule has 0 radical (unpaired) electrons. The van der Waals surface area contributed by atoms with E-state index >= 15 is 0 Å². The van der Waals surface area contributed by atoms with Crippen LogP contribution in [0.5, 0.6) is 0 Å². The maximum atomic E-state index is 13.3. The zero-order chi connectivity index (χ0) is 34.1. The van der Waals surface area contributed by atoms with E-state index in [4.69, 9.17) is 39.0 Å². The number of carbonyl (C=O) groups is 2. The predicted molar refractivity (Wildman–Crippen MR) is 194 cm³/mol. The van der Waals surface area contributed by atoms with Gasteiger partial charge in [-0.2, -0.15) is 0 Å². The lowest BCUT2D eigenvalue weighted by Gasteiger charge is -2.51. The minimum absolute atomic E-state index is 0.0338. The van der Waals surface area contributed by atoms with Gasteiger partial charge in [-0.1, -0.05) is 54.2 Å². The number of fused-ring (bicyclic) bond motifs is 1. The normalized spacial score (nSPS) is 18.8. The minimum Gasteiger partial charge on any atom is -0.444 e. The molecule has 258 valence electrons. The number of nitrogens with one attached hydrogen (secondary N) is 2. The number of piperidine rings is 1. The van der Waals surface area contributed by atoms with Crippen molar-refractivity contribution in [1.29, 1.82) is 0 Å². The molecule has 2 amide bonds. The number of halogens is 1. The van der Waals surface area contributed by atoms with Gasteiger partial charge in [0.15, 0.2) is 0 Å². The summed E-state index contributed by atoms with van der Waals surface area (Å²) in [6.07, 6.45) is 7.67. The molecule has 6 rings (SSSR count). The minimum atomic E-state index is -0.496. The zero-order valence-electron chi connectivity index (χ0n) is 28.3. The lowest BCUT2D eigenvalue weighted by Crippen LogP contribution is -2.51. The average molecular weight is 694 g/mol. The van der Waals surface area contributed by atoms with E-state index in [9.17, 15) is 9.59 Å². The van der Waals surface area contributed by atoms with Crippen molar-refractivity contribution in [3.63, 3.8) is 0 Å². The molecule has 3 heterocycles. The Morgan fingerprint density at radius 3 is 2.52 bits per heavy atom. The summed E-state index contributed by atoms with van der Waals surface area (Å²) in [4.78, 5) is 28.0. The van der Waals surface area contributed by atoms with E-state index in [0.717, 1.165) is 105 Å². The molecule has 4 N–H and O–H groups in total. The number of likely N-dealkylation sites (tertiary alicyclic amines) is 1. The lowest BCUT2D eigenvalue weighted by molar-refractivity contribution is -0.135. The van der Waals surface area contributed by atoms with Crippen LogP contribution in [0.1, 0.15) is 76.5 Å². The van der Waals surface area contributed by atoms with Gasteiger partial charge in [-0.25, -0.2) is 4.79 Å². The Hall–Kier alpha value is -3.18. The van der Waals surface area contributed by atoms with E-state index in [2.05, 4.69) is 38.4 Å². The number of aromatic nitrogens is 1. The van der Waals surface area contributed by atoms with E-state index in [1.807, 2.05) is 45.0 Å². The van der Waals surface area contributed by atoms with E-state index in [-0.39, 0.29) is 29.4 Å². The Labute approximate surface area is 293 Å². The molecule has 2 saturated heterocycles. The molecule has 1 aliphatic carbocycles. The van der Waals surface area contributed by atoms with Gasteiger partial charge in [0.2, 0.25) is 5.91 Å². The van der Waals surface area contributed by atoms with Crippen molar-refractivity contribution in [2.45, 2.75) is 77.5 Å². The van der Waals surface area contributed by atoms with Crippen LogP contribution < -0.4 is 16.4 Å². The van der Waals surface area contributed by atoms with Gasteiger partial charge < -0.3 is 35.3 Å². The standard InChI is InChI=1S/C37H48ClN5O4S/c1-36(2,3)47-35(45)40-13-16-42-14-11-37(12-15-42)20-27(21-37)34(44)41-22-26-7-8-29-30(24-5-4-6-25(19-24)33(39)48)23-43(32(29)31(26)38)28-9-17-46-18-10-28/h4-8,19,23,27-28H,9-18,20-22H2,1-3H3,(H2,39,48)(H,40,45)(H,41,44). The second kappa shape index (κ2) is 14.4. The molecule has 2 aliphatic heterocycles. The van der Waals surface area contributed by atoms with E-state index in [1.165, 1.54) is 0 Å². The van der Waals surface area contributed by atoms with Crippen molar-refractivity contribution < 1.29 is 19.1 Å². The Bertz CT molecular complexity index is 1660. The highest BCUT2D eigenvalue weighted by atomic mass is 35.5. The van der Waals surface area contributed by atoms with E-state index in [1.54, 1.807) is 0 Å². The third-order valence-electron chi connectivity index (χ3n) is 10.3. The largest absolute Gasteiger partial charge is 0.444 e. The monoisotopic (exact) mass is 693 g/mol. The van der Waals surface area contributed by atoms with E-state index in [0.29, 0.717) is 23.1 Å². The van der Waals surface area contributed by atoms with Crippen molar-refractivity contribution in [3.8, 4) is 11.1 Å². The number of hydrogen-bond donors (Lipinski definition) is 3. The fourth-order valence-corrected chi connectivity index (χ4v) is 8.05.